The molecule has 0 aromatic heterocycles. The summed E-state index contributed by atoms with van der Waals surface area (Å²) in [6, 6.07) is 10.6. The summed E-state index contributed by atoms with van der Waals surface area (Å²) in [6.45, 7) is 0.353. The van der Waals surface area contributed by atoms with Crippen LogP contribution in [0.1, 0.15) is 24.4 Å². The Morgan fingerprint density at radius 3 is 2.75 bits per heavy atom. The number of halogens is 2. The van der Waals surface area contributed by atoms with Gasteiger partial charge in [0.15, 0.2) is 0 Å². The van der Waals surface area contributed by atoms with Crippen LogP contribution >= 0.6 is 11.6 Å². The van der Waals surface area contributed by atoms with Gasteiger partial charge in [0.2, 0.25) is 10.0 Å². The van der Waals surface area contributed by atoms with Crippen LogP contribution in [-0.4, -0.2) is 26.4 Å². The zero-order valence-electron chi connectivity index (χ0n) is 13.1. The number of benzene rings is 2. The average Bonchev–Trinajstić information content (AvgIpc) is 3.05. The molecule has 1 saturated heterocycles. The second-order valence-electron chi connectivity index (χ2n) is 5.63. The van der Waals surface area contributed by atoms with E-state index in [1.807, 2.05) is 18.2 Å². The van der Waals surface area contributed by atoms with E-state index in [9.17, 15) is 12.8 Å². The van der Waals surface area contributed by atoms with Crippen LogP contribution in [0.15, 0.2) is 47.4 Å². The lowest BCUT2D eigenvalue weighted by Gasteiger charge is -2.25. The Labute approximate surface area is 145 Å². The van der Waals surface area contributed by atoms with Gasteiger partial charge in [0.1, 0.15) is 16.5 Å². The molecule has 0 amide bonds. The monoisotopic (exact) mass is 369 g/mol. The highest BCUT2D eigenvalue weighted by molar-refractivity contribution is 7.89. The lowest BCUT2D eigenvalue weighted by Crippen LogP contribution is -2.31. The van der Waals surface area contributed by atoms with Gasteiger partial charge in [-0.15, -0.1) is 0 Å². The third-order valence-electron chi connectivity index (χ3n) is 4.16. The molecule has 0 radical (unpaired) electrons. The molecule has 1 aliphatic heterocycles. The van der Waals surface area contributed by atoms with Crippen LogP contribution in [0.2, 0.25) is 5.02 Å². The summed E-state index contributed by atoms with van der Waals surface area (Å²) < 4.78 is 46.5. The molecular weight excluding hydrogens is 353 g/mol. The van der Waals surface area contributed by atoms with Crippen LogP contribution in [-0.2, 0) is 10.0 Å². The minimum atomic E-state index is -3.94. The fourth-order valence-electron chi connectivity index (χ4n) is 3.02. The van der Waals surface area contributed by atoms with Crippen molar-refractivity contribution in [3.05, 3.63) is 58.9 Å². The molecule has 1 fully saturated rings. The molecule has 128 valence electrons. The predicted molar refractivity (Wildman–Crippen MR) is 90.3 cm³/mol. The fourth-order valence-corrected chi connectivity index (χ4v) is 4.91. The van der Waals surface area contributed by atoms with Crippen LogP contribution in [0.5, 0.6) is 5.75 Å². The van der Waals surface area contributed by atoms with Gasteiger partial charge in [0, 0.05) is 11.6 Å². The Bertz CT molecular complexity index is 857. The molecule has 0 spiro atoms. The van der Waals surface area contributed by atoms with Gasteiger partial charge >= 0.3 is 0 Å². The normalized spacial score (nSPS) is 18.7. The standard InChI is InChI=1S/C17H17ClFNO3S/c1-23-14-5-2-4-12(10-14)16-6-3-9-20(16)24(21,22)17-8-7-13(18)11-15(17)19/h2,4-5,7-8,10-11,16H,3,6,9H2,1H3/t16-/m0/s1. The molecule has 2 aromatic rings. The summed E-state index contributed by atoms with van der Waals surface area (Å²) in [5.41, 5.74) is 0.838. The molecule has 1 heterocycles. The molecule has 1 atom stereocenters. The molecule has 1 aliphatic rings. The van der Waals surface area contributed by atoms with Crippen LogP contribution < -0.4 is 4.74 Å². The Balaban J connectivity index is 2.00. The van der Waals surface area contributed by atoms with Gasteiger partial charge in [0.25, 0.3) is 0 Å². The summed E-state index contributed by atoms with van der Waals surface area (Å²) in [5.74, 6) is -0.173. The van der Waals surface area contributed by atoms with Crippen molar-refractivity contribution in [2.75, 3.05) is 13.7 Å². The van der Waals surface area contributed by atoms with Gasteiger partial charge in [-0.05, 0) is 48.7 Å². The van der Waals surface area contributed by atoms with Crippen molar-refractivity contribution in [3.8, 4) is 5.75 Å². The van der Waals surface area contributed by atoms with Gasteiger partial charge in [-0.1, -0.05) is 23.7 Å². The van der Waals surface area contributed by atoms with Gasteiger partial charge < -0.3 is 4.74 Å². The molecule has 3 rings (SSSR count). The number of sulfonamides is 1. The molecule has 2 aromatic carbocycles. The summed E-state index contributed by atoms with van der Waals surface area (Å²) in [6.07, 6.45) is 1.40. The summed E-state index contributed by atoms with van der Waals surface area (Å²) in [4.78, 5) is -0.346. The van der Waals surface area contributed by atoms with E-state index >= 15 is 0 Å². The van der Waals surface area contributed by atoms with Gasteiger partial charge in [-0.25, -0.2) is 12.8 Å². The quantitative estimate of drug-likeness (QED) is 0.817. The van der Waals surface area contributed by atoms with E-state index in [4.69, 9.17) is 16.3 Å². The molecule has 0 unspecified atom stereocenters. The van der Waals surface area contributed by atoms with Crippen molar-refractivity contribution in [1.29, 1.82) is 0 Å². The predicted octanol–water partition coefficient (Wildman–Crippen LogP) is 4.01. The first-order valence-corrected chi connectivity index (χ1v) is 9.36. The van der Waals surface area contributed by atoms with E-state index in [-0.39, 0.29) is 16.0 Å². The average molecular weight is 370 g/mol. The maximum absolute atomic E-state index is 14.1. The first kappa shape index (κ1) is 17.2. The van der Waals surface area contributed by atoms with E-state index < -0.39 is 15.8 Å². The van der Waals surface area contributed by atoms with Crippen molar-refractivity contribution in [2.45, 2.75) is 23.8 Å². The Morgan fingerprint density at radius 1 is 1.25 bits per heavy atom. The molecular formula is C17H17ClFNO3S. The van der Waals surface area contributed by atoms with Crippen LogP contribution in [0, 0.1) is 5.82 Å². The third kappa shape index (κ3) is 3.14. The van der Waals surface area contributed by atoms with Crippen LogP contribution in [0.3, 0.4) is 0 Å². The summed E-state index contributed by atoms with van der Waals surface area (Å²) >= 11 is 5.72. The van der Waals surface area contributed by atoms with E-state index in [1.165, 1.54) is 16.4 Å². The Hall–Kier alpha value is -1.63. The Morgan fingerprint density at radius 2 is 2.04 bits per heavy atom. The molecule has 24 heavy (non-hydrogen) atoms. The SMILES string of the molecule is COc1cccc([C@@H]2CCCN2S(=O)(=O)c2ccc(Cl)cc2F)c1. The maximum Gasteiger partial charge on any atom is 0.246 e. The van der Waals surface area contributed by atoms with Crippen LogP contribution in [0.4, 0.5) is 4.39 Å². The molecule has 7 heteroatoms. The highest BCUT2D eigenvalue weighted by Gasteiger charge is 2.37. The number of rotatable bonds is 4. The second kappa shape index (κ2) is 6.70. The number of hydrogen-bond donors (Lipinski definition) is 0. The van der Waals surface area contributed by atoms with E-state index in [2.05, 4.69) is 0 Å². The molecule has 0 saturated carbocycles. The molecule has 0 N–H and O–H groups in total. The lowest BCUT2D eigenvalue weighted by molar-refractivity contribution is 0.388. The van der Waals surface area contributed by atoms with Crippen molar-refractivity contribution < 1.29 is 17.5 Å². The van der Waals surface area contributed by atoms with E-state index in [0.29, 0.717) is 18.7 Å². The van der Waals surface area contributed by atoms with Crippen LogP contribution in [0.25, 0.3) is 0 Å². The first-order valence-electron chi connectivity index (χ1n) is 7.54. The van der Waals surface area contributed by atoms with Gasteiger partial charge in [-0.3, -0.25) is 0 Å². The zero-order valence-corrected chi connectivity index (χ0v) is 14.6. The largest absolute Gasteiger partial charge is 0.497 e. The highest BCUT2D eigenvalue weighted by Crippen LogP contribution is 2.38. The summed E-state index contributed by atoms with van der Waals surface area (Å²) in [5, 5.41) is 0.164. The minimum absolute atomic E-state index is 0.164. The van der Waals surface area contributed by atoms with E-state index in [0.717, 1.165) is 18.1 Å². The highest BCUT2D eigenvalue weighted by atomic mass is 35.5. The first-order chi connectivity index (χ1) is 11.4. The smallest absolute Gasteiger partial charge is 0.246 e. The number of nitrogens with zero attached hydrogens (tertiary/aromatic N) is 1. The van der Waals surface area contributed by atoms with Gasteiger partial charge in [0.05, 0.1) is 13.2 Å². The summed E-state index contributed by atoms with van der Waals surface area (Å²) in [7, 11) is -2.38. The second-order valence-corrected chi connectivity index (χ2v) is 7.92. The van der Waals surface area contributed by atoms with Crippen molar-refractivity contribution in [2.24, 2.45) is 0 Å². The topological polar surface area (TPSA) is 46.6 Å². The van der Waals surface area contributed by atoms with Gasteiger partial charge in [-0.2, -0.15) is 4.31 Å². The zero-order chi connectivity index (χ0) is 17.3. The van der Waals surface area contributed by atoms with Crippen molar-refractivity contribution >= 4 is 21.6 Å². The number of ether oxygens (including phenoxy) is 1. The molecule has 4 nitrogen and oxygen atoms in total. The molecule has 0 aliphatic carbocycles. The van der Waals surface area contributed by atoms with Crippen molar-refractivity contribution in [1.82, 2.24) is 4.31 Å². The lowest BCUT2D eigenvalue weighted by atomic mass is 10.1. The third-order valence-corrected chi connectivity index (χ3v) is 6.34. The van der Waals surface area contributed by atoms with Crippen molar-refractivity contribution in [3.63, 3.8) is 0 Å². The minimum Gasteiger partial charge on any atom is -0.497 e. The number of hydrogen-bond acceptors (Lipinski definition) is 3. The van der Waals surface area contributed by atoms with E-state index in [1.54, 1.807) is 13.2 Å². The molecule has 0 bridgehead atoms. The number of methoxy groups -OCH3 is 1. The fraction of sp³-hybridized carbons (Fsp3) is 0.294. The Kier molecular flexibility index (Phi) is 4.80. The maximum atomic E-state index is 14.1.